The second-order valence-corrected chi connectivity index (χ2v) is 11.1. The number of anilines is 1. The third-order valence-electron chi connectivity index (χ3n) is 6.49. The first-order valence-electron chi connectivity index (χ1n) is 12.4. The molecule has 38 heavy (non-hydrogen) atoms. The Morgan fingerprint density at radius 1 is 1.24 bits per heavy atom. The summed E-state index contributed by atoms with van der Waals surface area (Å²) in [6.45, 7) is 11.9. The summed E-state index contributed by atoms with van der Waals surface area (Å²) < 4.78 is 28.1. The van der Waals surface area contributed by atoms with E-state index in [9.17, 15) is 9.59 Å². The van der Waals surface area contributed by atoms with Crippen molar-refractivity contribution in [2.45, 2.75) is 59.1 Å². The fraction of sp³-hybridized carbons (Fsp3) is 0.520. The van der Waals surface area contributed by atoms with Crippen molar-refractivity contribution in [2.24, 2.45) is 0 Å². The molecule has 1 atom stereocenters. The van der Waals surface area contributed by atoms with Crippen molar-refractivity contribution < 1.29 is 18.7 Å². The van der Waals surface area contributed by atoms with Gasteiger partial charge in [-0.25, -0.2) is 29.1 Å². The van der Waals surface area contributed by atoms with E-state index in [1.165, 1.54) is 10.9 Å². The van der Waals surface area contributed by atoms with Crippen LogP contribution in [0.15, 0.2) is 11.1 Å². The molecule has 5 rings (SSSR count). The third kappa shape index (κ3) is 4.40. The number of amides is 1. The van der Waals surface area contributed by atoms with Crippen molar-refractivity contribution in [3.8, 4) is 11.4 Å². The molecule has 0 saturated carbocycles. The first kappa shape index (κ1) is 26.1. The first-order chi connectivity index (χ1) is 17.9. The van der Waals surface area contributed by atoms with E-state index < -0.39 is 34.4 Å². The highest BCUT2D eigenvalue weighted by Crippen LogP contribution is 2.41. The summed E-state index contributed by atoms with van der Waals surface area (Å²) in [6.07, 6.45) is 0.977. The van der Waals surface area contributed by atoms with Crippen molar-refractivity contribution in [1.82, 2.24) is 29.4 Å². The van der Waals surface area contributed by atoms with Crippen LogP contribution in [0.25, 0.3) is 16.7 Å². The minimum atomic E-state index is -0.846. The molecule has 0 radical (unpaired) electrons. The predicted molar refractivity (Wildman–Crippen MR) is 139 cm³/mol. The van der Waals surface area contributed by atoms with E-state index in [-0.39, 0.29) is 41.7 Å². The van der Waals surface area contributed by atoms with Crippen LogP contribution >= 0.6 is 11.6 Å². The Morgan fingerprint density at radius 2 is 1.97 bits per heavy atom. The topological polar surface area (TPSA) is 116 Å². The normalized spacial score (nSPS) is 17.3. The lowest BCUT2D eigenvalue weighted by Gasteiger charge is -2.41. The minimum absolute atomic E-state index is 0.0287. The van der Waals surface area contributed by atoms with E-state index in [0.29, 0.717) is 30.2 Å². The number of hydrogen-bond donors (Lipinski definition) is 0. The molecule has 1 amide bonds. The Bertz CT molecular complexity index is 1500. The Morgan fingerprint density at radius 3 is 2.66 bits per heavy atom. The number of hydrogen-bond acceptors (Lipinski definition) is 9. The largest absolute Gasteiger partial charge is 0.487 e. The molecular formula is C25H29ClFN7O4. The molecule has 0 spiro atoms. The zero-order valence-corrected chi connectivity index (χ0v) is 22.8. The number of pyridine rings is 1. The third-order valence-corrected chi connectivity index (χ3v) is 6.74. The van der Waals surface area contributed by atoms with E-state index in [4.69, 9.17) is 21.1 Å². The monoisotopic (exact) mass is 545 g/mol. The Balaban J connectivity index is 1.69. The van der Waals surface area contributed by atoms with Crippen molar-refractivity contribution in [1.29, 1.82) is 0 Å². The number of halogens is 2. The van der Waals surface area contributed by atoms with E-state index in [1.54, 1.807) is 32.6 Å². The average molecular weight is 546 g/mol. The molecule has 0 bridgehead atoms. The maximum Gasteiger partial charge on any atom is 0.410 e. The lowest BCUT2D eigenvalue weighted by Crippen LogP contribution is -2.57. The molecule has 5 heterocycles. The molecule has 0 unspecified atom stereocenters. The summed E-state index contributed by atoms with van der Waals surface area (Å²) in [6, 6.07) is -0.416. The lowest BCUT2D eigenvalue weighted by atomic mass is 10.1. The number of fused-ring (bicyclic) bond motifs is 2. The molecule has 2 aliphatic heterocycles. The van der Waals surface area contributed by atoms with Gasteiger partial charge in [0.2, 0.25) is 5.82 Å². The van der Waals surface area contributed by atoms with Crippen LogP contribution < -0.4 is 15.3 Å². The number of carbonyl (C=O) groups is 1. The highest BCUT2D eigenvalue weighted by molar-refractivity contribution is 6.30. The summed E-state index contributed by atoms with van der Waals surface area (Å²) in [4.78, 5) is 47.2. The van der Waals surface area contributed by atoms with E-state index in [2.05, 4.69) is 19.9 Å². The molecule has 3 aromatic rings. The molecule has 0 aromatic carbocycles. The van der Waals surface area contributed by atoms with Crippen LogP contribution in [0.2, 0.25) is 5.15 Å². The van der Waals surface area contributed by atoms with Gasteiger partial charge in [0.1, 0.15) is 29.7 Å². The number of piperazine rings is 1. The Kier molecular flexibility index (Phi) is 6.41. The molecule has 1 fully saturated rings. The van der Waals surface area contributed by atoms with Crippen molar-refractivity contribution in [3.63, 3.8) is 0 Å². The Hall–Kier alpha value is -3.54. The summed E-state index contributed by atoms with van der Waals surface area (Å²) in [5.74, 6) is -0.816. The second kappa shape index (κ2) is 9.33. The number of aromatic nitrogens is 5. The fourth-order valence-electron chi connectivity index (χ4n) is 4.83. The summed E-state index contributed by atoms with van der Waals surface area (Å²) >= 11 is 6.22. The first-order valence-corrected chi connectivity index (χ1v) is 12.8. The van der Waals surface area contributed by atoms with Gasteiger partial charge < -0.3 is 19.3 Å². The summed E-state index contributed by atoms with van der Waals surface area (Å²) in [5, 5.41) is -0.216. The maximum absolute atomic E-state index is 15.4. The van der Waals surface area contributed by atoms with Gasteiger partial charge in [-0.05, 0) is 33.6 Å². The van der Waals surface area contributed by atoms with Crippen LogP contribution in [0.5, 0.6) is 5.75 Å². The van der Waals surface area contributed by atoms with Crippen LogP contribution in [0, 0.1) is 12.7 Å². The summed E-state index contributed by atoms with van der Waals surface area (Å²) in [7, 11) is 0. The van der Waals surface area contributed by atoms with Crippen molar-refractivity contribution in [3.05, 3.63) is 39.2 Å². The van der Waals surface area contributed by atoms with Crippen LogP contribution in [0.4, 0.5) is 15.0 Å². The van der Waals surface area contributed by atoms with Gasteiger partial charge in [0.25, 0.3) is 0 Å². The standard InChI is InChI=1S/C25H29ClFN7O4/c1-12(2)17-18(13(3)28-11-29-17)34-22-15-19(16(27)20(26)30-22)37-10-14-9-32(24(36)38-25(4,5)6)7-8-33(14)21(15)31-23(34)35/h11-12,14H,7-10H2,1-6H3/t14-/m1/s1. The zero-order chi connectivity index (χ0) is 27.5. The average Bonchev–Trinajstić information content (AvgIpc) is 2.99. The van der Waals surface area contributed by atoms with E-state index in [0.717, 1.165) is 0 Å². The molecule has 2 aliphatic rings. The Labute approximate surface area is 223 Å². The second-order valence-electron chi connectivity index (χ2n) is 10.7. The number of ether oxygens (including phenoxy) is 2. The number of aryl methyl sites for hydroxylation is 1. The highest BCUT2D eigenvalue weighted by atomic mass is 35.5. The SMILES string of the molecule is Cc1ncnc(C(C)C)c1-n1c(=O)nc2c3c(c(F)c(Cl)nc31)OC[C@H]1CN(C(=O)OC(C)(C)C)CCN21. The van der Waals surface area contributed by atoms with Gasteiger partial charge in [-0.2, -0.15) is 9.37 Å². The molecule has 1 saturated heterocycles. The fourth-order valence-corrected chi connectivity index (χ4v) is 5.00. The molecule has 202 valence electrons. The van der Waals surface area contributed by atoms with E-state index in [1.807, 2.05) is 18.7 Å². The van der Waals surface area contributed by atoms with Crippen LogP contribution in [0.1, 0.15) is 51.9 Å². The highest BCUT2D eigenvalue weighted by Gasteiger charge is 2.38. The zero-order valence-electron chi connectivity index (χ0n) is 22.1. The van der Waals surface area contributed by atoms with Gasteiger partial charge in [0, 0.05) is 19.6 Å². The van der Waals surface area contributed by atoms with Gasteiger partial charge in [-0.3, -0.25) is 0 Å². The summed E-state index contributed by atoms with van der Waals surface area (Å²) in [5.41, 5.74) is 0.370. The smallest absolute Gasteiger partial charge is 0.410 e. The maximum atomic E-state index is 15.4. The predicted octanol–water partition coefficient (Wildman–Crippen LogP) is 3.61. The molecule has 0 N–H and O–H groups in total. The van der Waals surface area contributed by atoms with Gasteiger partial charge in [-0.15, -0.1) is 0 Å². The lowest BCUT2D eigenvalue weighted by molar-refractivity contribution is 0.0201. The molecule has 0 aliphatic carbocycles. The molecular weight excluding hydrogens is 517 g/mol. The van der Waals surface area contributed by atoms with Gasteiger partial charge in [-0.1, -0.05) is 25.4 Å². The van der Waals surface area contributed by atoms with Crippen molar-refractivity contribution >= 4 is 34.5 Å². The number of nitrogens with zero attached hydrogens (tertiary/aromatic N) is 7. The van der Waals surface area contributed by atoms with Crippen LogP contribution in [-0.2, 0) is 4.74 Å². The number of rotatable bonds is 2. The van der Waals surface area contributed by atoms with Crippen LogP contribution in [-0.4, -0.2) is 73.4 Å². The number of carbonyl (C=O) groups excluding carboxylic acids is 1. The quantitative estimate of drug-likeness (QED) is 0.445. The van der Waals surface area contributed by atoms with Gasteiger partial charge in [0.15, 0.2) is 16.5 Å². The molecule has 13 heteroatoms. The molecule has 3 aromatic heterocycles. The van der Waals surface area contributed by atoms with Gasteiger partial charge in [0.05, 0.1) is 23.1 Å². The molecule has 11 nitrogen and oxygen atoms in total. The van der Waals surface area contributed by atoms with E-state index >= 15 is 4.39 Å². The minimum Gasteiger partial charge on any atom is -0.487 e. The van der Waals surface area contributed by atoms with Crippen molar-refractivity contribution in [2.75, 3.05) is 31.1 Å². The van der Waals surface area contributed by atoms with Gasteiger partial charge >= 0.3 is 11.8 Å². The van der Waals surface area contributed by atoms with Crippen LogP contribution in [0.3, 0.4) is 0 Å².